The van der Waals surface area contributed by atoms with E-state index >= 15 is 0 Å². The summed E-state index contributed by atoms with van der Waals surface area (Å²) >= 11 is 0. The summed E-state index contributed by atoms with van der Waals surface area (Å²) < 4.78 is 4.76. The van der Waals surface area contributed by atoms with Crippen LogP contribution in [0.1, 0.15) is 24.2 Å². The summed E-state index contributed by atoms with van der Waals surface area (Å²) in [7, 11) is 1.33. The first-order valence-corrected chi connectivity index (χ1v) is 5.83. The minimum absolute atomic E-state index is 0.0100. The van der Waals surface area contributed by atoms with Gasteiger partial charge in [0.1, 0.15) is 0 Å². The lowest BCUT2D eigenvalue weighted by Crippen LogP contribution is -2.45. The van der Waals surface area contributed by atoms with Crippen LogP contribution in [-0.4, -0.2) is 31.6 Å². The van der Waals surface area contributed by atoms with Crippen LogP contribution in [0.3, 0.4) is 0 Å². The molecule has 1 aromatic carbocycles. The zero-order chi connectivity index (χ0) is 13.3. The number of hydrogen-bond donors (Lipinski definition) is 1. The van der Waals surface area contributed by atoms with Gasteiger partial charge in [0.2, 0.25) is 5.91 Å². The molecule has 96 valence electrons. The second-order valence-electron chi connectivity index (χ2n) is 4.40. The van der Waals surface area contributed by atoms with E-state index in [1.54, 1.807) is 17.0 Å². The monoisotopic (exact) mass is 248 g/mol. The highest BCUT2D eigenvalue weighted by molar-refractivity contribution is 6.10. The van der Waals surface area contributed by atoms with Crippen molar-refractivity contribution < 1.29 is 14.3 Å². The summed E-state index contributed by atoms with van der Waals surface area (Å²) in [6.45, 7) is 4.08. The predicted molar refractivity (Wildman–Crippen MR) is 68.9 cm³/mol. The molecule has 0 saturated heterocycles. The van der Waals surface area contributed by atoms with E-state index < -0.39 is 5.97 Å². The molecule has 1 amide bonds. The lowest BCUT2D eigenvalue weighted by atomic mass is 10.1. The summed E-state index contributed by atoms with van der Waals surface area (Å²) in [4.78, 5) is 25.4. The topological polar surface area (TPSA) is 58.6 Å². The van der Waals surface area contributed by atoms with Crippen LogP contribution in [0.4, 0.5) is 11.4 Å². The second kappa shape index (κ2) is 4.68. The molecule has 1 N–H and O–H groups in total. The molecule has 1 heterocycles. The van der Waals surface area contributed by atoms with E-state index in [0.717, 1.165) is 5.69 Å². The molecule has 0 bridgehead atoms. The maximum Gasteiger partial charge on any atom is 0.340 e. The highest BCUT2D eigenvalue weighted by Crippen LogP contribution is 2.34. The average molecular weight is 248 g/mol. The molecule has 1 aliphatic rings. The molecule has 5 nitrogen and oxygen atoms in total. The number of rotatable bonds is 2. The molecule has 0 saturated carbocycles. The van der Waals surface area contributed by atoms with Crippen LogP contribution in [0, 0.1) is 0 Å². The number of nitrogens with one attached hydrogen (secondary N) is 1. The van der Waals surface area contributed by atoms with Crippen molar-refractivity contribution in [1.29, 1.82) is 0 Å². The number of methoxy groups -OCH3 is 1. The molecule has 5 heteroatoms. The first-order chi connectivity index (χ1) is 8.56. The van der Waals surface area contributed by atoms with Gasteiger partial charge >= 0.3 is 5.97 Å². The van der Waals surface area contributed by atoms with Crippen molar-refractivity contribution in [3.8, 4) is 0 Å². The first-order valence-electron chi connectivity index (χ1n) is 5.83. The number of hydrogen-bond acceptors (Lipinski definition) is 4. The van der Waals surface area contributed by atoms with Crippen LogP contribution in [-0.2, 0) is 9.53 Å². The van der Waals surface area contributed by atoms with Gasteiger partial charge in [-0.3, -0.25) is 4.79 Å². The quantitative estimate of drug-likeness (QED) is 0.808. The van der Waals surface area contributed by atoms with Crippen LogP contribution in [0.5, 0.6) is 0 Å². The summed E-state index contributed by atoms with van der Waals surface area (Å²) in [6, 6.07) is 5.28. The fourth-order valence-electron chi connectivity index (χ4n) is 2.15. The molecule has 0 unspecified atom stereocenters. The molecule has 1 aliphatic heterocycles. The number of amides is 1. The SMILES string of the molecule is COC(=O)c1cccc2c1N(C(C)C)C(=O)CN2. The van der Waals surface area contributed by atoms with Crippen LogP contribution >= 0.6 is 0 Å². The van der Waals surface area contributed by atoms with Gasteiger partial charge in [-0.1, -0.05) is 6.07 Å². The third-order valence-corrected chi connectivity index (χ3v) is 2.90. The molecule has 2 rings (SSSR count). The van der Waals surface area contributed by atoms with Gasteiger partial charge in [-0.05, 0) is 26.0 Å². The van der Waals surface area contributed by atoms with Gasteiger partial charge in [0.05, 0.1) is 30.6 Å². The molecular weight excluding hydrogens is 232 g/mol. The number of esters is 1. The smallest absolute Gasteiger partial charge is 0.340 e. The van der Waals surface area contributed by atoms with Crippen molar-refractivity contribution >= 4 is 23.3 Å². The van der Waals surface area contributed by atoms with Crippen LogP contribution in [0.15, 0.2) is 18.2 Å². The van der Waals surface area contributed by atoms with Crippen molar-refractivity contribution in [2.75, 3.05) is 23.9 Å². The van der Waals surface area contributed by atoms with E-state index in [0.29, 0.717) is 11.3 Å². The van der Waals surface area contributed by atoms with Gasteiger partial charge in [-0.25, -0.2) is 4.79 Å². The van der Waals surface area contributed by atoms with Crippen LogP contribution in [0.2, 0.25) is 0 Å². The zero-order valence-corrected chi connectivity index (χ0v) is 10.7. The number of fused-ring (bicyclic) bond motifs is 1. The Bertz CT molecular complexity index is 497. The van der Waals surface area contributed by atoms with E-state index in [4.69, 9.17) is 4.74 Å². The molecular formula is C13H16N2O3. The highest BCUT2D eigenvalue weighted by atomic mass is 16.5. The van der Waals surface area contributed by atoms with E-state index in [2.05, 4.69) is 5.32 Å². The normalized spacial score (nSPS) is 14.2. The Balaban J connectivity index is 2.60. The average Bonchev–Trinajstić information content (AvgIpc) is 2.36. The third kappa shape index (κ3) is 1.92. The van der Waals surface area contributed by atoms with Crippen molar-refractivity contribution in [3.05, 3.63) is 23.8 Å². The molecule has 0 spiro atoms. The lowest BCUT2D eigenvalue weighted by Gasteiger charge is -2.34. The van der Waals surface area contributed by atoms with Crippen LogP contribution in [0.25, 0.3) is 0 Å². The van der Waals surface area contributed by atoms with Crippen molar-refractivity contribution in [2.45, 2.75) is 19.9 Å². The highest BCUT2D eigenvalue weighted by Gasteiger charge is 2.30. The van der Waals surface area contributed by atoms with E-state index in [1.165, 1.54) is 7.11 Å². The minimum Gasteiger partial charge on any atom is -0.465 e. The van der Waals surface area contributed by atoms with E-state index in [-0.39, 0.29) is 18.5 Å². The molecule has 1 aromatic rings. The Morgan fingerprint density at radius 2 is 2.17 bits per heavy atom. The number of benzene rings is 1. The molecule has 0 fully saturated rings. The Kier molecular flexibility index (Phi) is 3.23. The molecule has 18 heavy (non-hydrogen) atoms. The van der Waals surface area contributed by atoms with Crippen molar-refractivity contribution in [3.63, 3.8) is 0 Å². The summed E-state index contributed by atoms with van der Waals surface area (Å²) in [5.74, 6) is -0.483. The second-order valence-corrected chi connectivity index (χ2v) is 4.40. The van der Waals surface area contributed by atoms with Gasteiger partial charge in [0, 0.05) is 6.04 Å². The minimum atomic E-state index is -0.436. The number of carbonyl (C=O) groups excluding carboxylic acids is 2. The Hall–Kier alpha value is -2.04. The number of ether oxygens (including phenoxy) is 1. The summed E-state index contributed by atoms with van der Waals surface area (Å²) in [5, 5.41) is 3.02. The Labute approximate surface area is 106 Å². The van der Waals surface area contributed by atoms with E-state index in [9.17, 15) is 9.59 Å². The fraction of sp³-hybridized carbons (Fsp3) is 0.385. The number of nitrogens with zero attached hydrogens (tertiary/aromatic N) is 1. The Morgan fingerprint density at radius 1 is 1.44 bits per heavy atom. The van der Waals surface area contributed by atoms with Crippen molar-refractivity contribution in [1.82, 2.24) is 0 Å². The number of carbonyl (C=O) groups is 2. The van der Waals surface area contributed by atoms with Gasteiger partial charge in [0.25, 0.3) is 0 Å². The molecule has 0 atom stereocenters. The third-order valence-electron chi connectivity index (χ3n) is 2.90. The molecule has 0 aromatic heterocycles. The standard InChI is InChI=1S/C13H16N2O3/c1-8(2)15-11(16)7-14-10-6-4-5-9(12(10)15)13(17)18-3/h4-6,8,14H,7H2,1-3H3. The largest absolute Gasteiger partial charge is 0.465 e. The van der Waals surface area contributed by atoms with Gasteiger partial charge in [-0.2, -0.15) is 0 Å². The zero-order valence-electron chi connectivity index (χ0n) is 10.7. The van der Waals surface area contributed by atoms with Gasteiger partial charge in [-0.15, -0.1) is 0 Å². The van der Waals surface area contributed by atoms with Crippen molar-refractivity contribution in [2.24, 2.45) is 0 Å². The number of anilines is 2. The fourth-order valence-corrected chi connectivity index (χ4v) is 2.15. The van der Waals surface area contributed by atoms with E-state index in [1.807, 2.05) is 19.9 Å². The van der Waals surface area contributed by atoms with Gasteiger partial charge in [0.15, 0.2) is 0 Å². The first kappa shape index (κ1) is 12.4. The summed E-state index contributed by atoms with van der Waals surface area (Å²) in [5.41, 5.74) is 1.80. The maximum atomic E-state index is 12.0. The van der Waals surface area contributed by atoms with Gasteiger partial charge < -0.3 is 15.0 Å². The molecule has 0 aliphatic carbocycles. The lowest BCUT2D eigenvalue weighted by molar-refractivity contribution is -0.117. The maximum absolute atomic E-state index is 12.0. The van der Waals surface area contributed by atoms with Crippen LogP contribution < -0.4 is 10.2 Å². The predicted octanol–water partition coefficient (Wildman–Crippen LogP) is 1.64. The number of para-hydroxylation sites is 1. The molecule has 0 radical (unpaired) electrons. The summed E-state index contributed by atoms with van der Waals surface area (Å²) in [6.07, 6.45) is 0. The Morgan fingerprint density at radius 3 is 2.78 bits per heavy atom.